The van der Waals surface area contributed by atoms with Crippen molar-refractivity contribution in [1.82, 2.24) is 14.8 Å². The first-order valence-corrected chi connectivity index (χ1v) is 7.18. The molecule has 2 aromatic rings. The van der Waals surface area contributed by atoms with E-state index in [1.165, 1.54) is 11.3 Å². The van der Waals surface area contributed by atoms with Gasteiger partial charge in [-0.3, -0.25) is 9.36 Å². The summed E-state index contributed by atoms with van der Waals surface area (Å²) in [7, 11) is 0. The first-order chi connectivity index (χ1) is 9.27. The Labute approximate surface area is 122 Å². The third kappa shape index (κ3) is 3.19. The van der Waals surface area contributed by atoms with Gasteiger partial charge in [-0.1, -0.05) is 20.8 Å². The number of carbonyl (C=O) groups is 1. The van der Waals surface area contributed by atoms with Gasteiger partial charge < -0.3 is 0 Å². The van der Waals surface area contributed by atoms with Gasteiger partial charge >= 0.3 is 0 Å². The van der Waals surface area contributed by atoms with E-state index in [4.69, 9.17) is 0 Å². The SMILES string of the molecule is Cc1ccc(-n2cc(C)s/c2=N\C(=O)C(C)(C)C)nn1. The Balaban J connectivity index is 2.54. The van der Waals surface area contributed by atoms with E-state index in [2.05, 4.69) is 15.2 Å². The Hall–Kier alpha value is -1.82. The monoisotopic (exact) mass is 290 g/mol. The van der Waals surface area contributed by atoms with Crippen molar-refractivity contribution < 1.29 is 4.79 Å². The van der Waals surface area contributed by atoms with E-state index in [0.29, 0.717) is 10.6 Å². The quantitative estimate of drug-likeness (QED) is 0.810. The molecule has 0 atom stereocenters. The molecular formula is C14H18N4OS. The lowest BCUT2D eigenvalue weighted by Gasteiger charge is -2.11. The molecule has 5 nitrogen and oxygen atoms in total. The Kier molecular flexibility index (Phi) is 3.85. The number of hydrogen-bond donors (Lipinski definition) is 0. The van der Waals surface area contributed by atoms with E-state index < -0.39 is 5.41 Å². The summed E-state index contributed by atoms with van der Waals surface area (Å²) >= 11 is 1.47. The van der Waals surface area contributed by atoms with Crippen molar-refractivity contribution in [2.75, 3.05) is 0 Å². The molecule has 1 amide bonds. The second-order valence-corrected chi connectivity index (χ2v) is 6.91. The highest BCUT2D eigenvalue weighted by Gasteiger charge is 2.21. The lowest BCUT2D eigenvalue weighted by Crippen LogP contribution is -2.23. The van der Waals surface area contributed by atoms with Crippen molar-refractivity contribution >= 4 is 17.2 Å². The summed E-state index contributed by atoms with van der Waals surface area (Å²) in [5.41, 5.74) is 0.361. The molecule has 0 aliphatic heterocycles. The zero-order valence-corrected chi connectivity index (χ0v) is 13.2. The second-order valence-electron chi connectivity index (χ2n) is 5.69. The number of carbonyl (C=O) groups excluding carboxylic acids is 1. The average Bonchev–Trinajstić information content (AvgIpc) is 2.70. The highest BCUT2D eigenvalue weighted by atomic mass is 32.1. The van der Waals surface area contributed by atoms with E-state index in [-0.39, 0.29) is 5.91 Å². The van der Waals surface area contributed by atoms with Gasteiger partial charge in [0.05, 0.1) is 5.69 Å². The minimum atomic E-state index is -0.491. The molecule has 0 spiro atoms. The summed E-state index contributed by atoms with van der Waals surface area (Å²) in [6.07, 6.45) is 1.92. The second kappa shape index (κ2) is 5.28. The van der Waals surface area contributed by atoms with E-state index in [1.54, 1.807) is 4.57 Å². The van der Waals surface area contributed by atoms with E-state index in [9.17, 15) is 4.79 Å². The predicted molar refractivity (Wildman–Crippen MR) is 78.7 cm³/mol. The number of thiazole rings is 1. The van der Waals surface area contributed by atoms with Gasteiger partial charge in [0.1, 0.15) is 0 Å². The number of amides is 1. The van der Waals surface area contributed by atoms with Crippen LogP contribution < -0.4 is 4.80 Å². The van der Waals surface area contributed by atoms with Crippen molar-refractivity contribution in [3.63, 3.8) is 0 Å². The van der Waals surface area contributed by atoms with Crippen LogP contribution >= 0.6 is 11.3 Å². The number of nitrogens with zero attached hydrogens (tertiary/aromatic N) is 4. The molecule has 0 bridgehead atoms. The van der Waals surface area contributed by atoms with Gasteiger partial charge in [-0.15, -0.1) is 16.4 Å². The fourth-order valence-electron chi connectivity index (χ4n) is 1.47. The van der Waals surface area contributed by atoms with E-state index in [0.717, 1.165) is 10.6 Å². The summed E-state index contributed by atoms with van der Waals surface area (Å²) in [4.78, 5) is 18.0. The molecule has 0 N–H and O–H groups in total. The molecule has 0 aliphatic rings. The van der Waals surface area contributed by atoms with Gasteiger partial charge in [-0.05, 0) is 26.0 Å². The van der Waals surface area contributed by atoms with Gasteiger partial charge in [0.25, 0.3) is 5.91 Å². The van der Waals surface area contributed by atoms with Crippen molar-refractivity contribution in [2.24, 2.45) is 10.4 Å². The maximum atomic E-state index is 12.1. The van der Waals surface area contributed by atoms with Crippen LogP contribution in [-0.2, 0) is 4.79 Å². The molecule has 0 fully saturated rings. The van der Waals surface area contributed by atoms with Crippen molar-refractivity contribution in [3.05, 3.63) is 33.7 Å². The molecule has 6 heteroatoms. The largest absolute Gasteiger partial charge is 0.275 e. The molecule has 0 unspecified atom stereocenters. The van der Waals surface area contributed by atoms with Gasteiger partial charge in [0.15, 0.2) is 10.6 Å². The highest BCUT2D eigenvalue weighted by Crippen LogP contribution is 2.15. The molecule has 0 aliphatic carbocycles. The van der Waals surface area contributed by atoms with Crippen LogP contribution in [0.3, 0.4) is 0 Å². The highest BCUT2D eigenvalue weighted by molar-refractivity contribution is 7.09. The van der Waals surface area contributed by atoms with Crippen molar-refractivity contribution in [2.45, 2.75) is 34.6 Å². The van der Waals surface area contributed by atoms with Gasteiger partial charge in [0.2, 0.25) is 0 Å². The lowest BCUT2D eigenvalue weighted by molar-refractivity contribution is -0.125. The smallest absolute Gasteiger partial charge is 0.253 e. The van der Waals surface area contributed by atoms with Crippen LogP contribution in [0.15, 0.2) is 23.3 Å². The number of aromatic nitrogens is 3. The summed E-state index contributed by atoms with van der Waals surface area (Å²) in [5.74, 6) is 0.522. The number of aryl methyl sites for hydroxylation is 2. The summed E-state index contributed by atoms with van der Waals surface area (Å²) in [5, 5.41) is 8.18. The number of rotatable bonds is 1. The maximum absolute atomic E-state index is 12.1. The van der Waals surface area contributed by atoms with Crippen LogP contribution in [0.5, 0.6) is 0 Å². The third-order valence-corrected chi connectivity index (χ3v) is 3.54. The molecule has 0 radical (unpaired) electrons. The fourth-order valence-corrected chi connectivity index (χ4v) is 2.29. The summed E-state index contributed by atoms with van der Waals surface area (Å²) < 4.78 is 1.80. The van der Waals surface area contributed by atoms with Crippen LogP contribution in [0.2, 0.25) is 0 Å². The van der Waals surface area contributed by atoms with Crippen molar-refractivity contribution in [1.29, 1.82) is 0 Å². The topological polar surface area (TPSA) is 60.1 Å². The molecule has 2 heterocycles. The van der Waals surface area contributed by atoms with Gasteiger partial charge in [-0.25, -0.2) is 0 Å². The Morgan fingerprint density at radius 3 is 2.50 bits per heavy atom. The van der Waals surface area contributed by atoms with E-state index in [1.807, 2.05) is 52.9 Å². The zero-order chi connectivity index (χ0) is 14.9. The Morgan fingerprint density at radius 1 is 1.25 bits per heavy atom. The van der Waals surface area contributed by atoms with Crippen LogP contribution in [0.1, 0.15) is 31.3 Å². The van der Waals surface area contributed by atoms with Crippen LogP contribution in [0.25, 0.3) is 5.82 Å². The van der Waals surface area contributed by atoms with Gasteiger partial charge in [-0.2, -0.15) is 10.1 Å². The molecule has 2 aromatic heterocycles. The average molecular weight is 290 g/mol. The fraction of sp³-hybridized carbons (Fsp3) is 0.429. The standard InChI is InChI=1S/C14H18N4OS/c1-9-6-7-11(17-16-9)18-8-10(2)20-13(18)15-12(19)14(3,4)5/h6-8H,1-5H3/b15-13-. The van der Waals surface area contributed by atoms with Crippen LogP contribution in [-0.4, -0.2) is 20.7 Å². The lowest BCUT2D eigenvalue weighted by atomic mass is 9.96. The number of hydrogen-bond acceptors (Lipinski definition) is 4. The molecular weight excluding hydrogens is 272 g/mol. The Morgan fingerprint density at radius 2 is 1.95 bits per heavy atom. The third-order valence-electron chi connectivity index (χ3n) is 2.64. The first kappa shape index (κ1) is 14.6. The minimum Gasteiger partial charge on any atom is -0.275 e. The summed E-state index contributed by atoms with van der Waals surface area (Å²) in [6.45, 7) is 9.43. The molecule has 106 valence electrons. The first-order valence-electron chi connectivity index (χ1n) is 6.36. The molecule has 20 heavy (non-hydrogen) atoms. The normalized spacial score (nSPS) is 12.8. The van der Waals surface area contributed by atoms with Crippen LogP contribution in [0, 0.1) is 19.3 Å². The van der Waals surface area contributed by atoms with E-state index >= 15 is 0 Å². The minimum absolute atomic E-state index is 0.145. The molecule has 0 saturated carbocycles. The van der Waals surface area contributed by atoms with Crippen molar-refractivity contribution in [3.8, 4) is 5.82 Å². The van der Waals surface area contributed by atoms with Gasteiger partial charge in [0, 0.05) is 16.5 Å². The maximum Gasteiger partial charge on any atom is 0.253 e. The molecule has 2 rings (SSSR count). The Bertz CT molecular complexity index is 689. The zero-order valence-electron chi connectivity index (χ0n) is 12.3. The molecule has 0 saturated heterocycles. The van der Waals surface area contributed by atoms with Crippen LogP contribution in [0.4, 0.5) is 0 Å². The molecule has 0 aromatic carbocycles. The predicted octanol–water partition coefficient (Wildman–Crippen LogP) is 2.42. The summed E-state index contributed by atoms with van der Waals surface area (Å²) in [6, 6.07) is 3.76.